The van der Waals surface area contributed by atoms with Crippen LogP contribution in [0.15, 0.2) is 52.6 Å². The molecule has 1 aliphatic rings. The lowest BCUT2D eigenvalue weighted by molar-refractivity contribution is -0.122. The molecule has 0 saturated carbocycles. The number of hydrogen-bond acceptors (Lipinski definition) is 3. The van der Waals surface area contributed by atoms with E-state index < -0.39 is 6.03 Å². The van der Waals surface area contributed by atoms with E-state index in [-0.39, 0.29) is 11.6 Å². The lowest BCUT2D eigenvalue weighted by Gasteiger charge is -2.09. The summed E-state index contributed by atoms with van der Waals surface area (Å²) in [6.07, 6.45) is 1.64. The lowest BCUT2D eigenvalue weighted by atomic mass is 10.2. The molecule has 0 spiro atoms. The van der Waals surface area contributed by atoms with Crippen molar-refractivity contribution in [1.82, 2.24) is 10.2 Å². The summed E-state index contributed by atoms with van der Waals surface area (Å²) in [4.78, 5) is 25.0. The van der Waals surface area contributed by atoms with Gasteiger partial charge in [-0.25, -0.2) is 4.79 Å². The molecule has 3 amide bonds. The molecular weight excluding hydrogens is 420 g/mol. The summed E-state index contributed by atoms with van der Waals surface area (Å²) < 4.78 is 6.56. The highest BCUT2D eigenvalue weighted by Gasteiger charge is 2.31. The standard InChI is InChI=1S/C19H16BrClN2O3/c1-2-23-18(24)16(22-19(23)25)10-13-5-8-17(15(20)9-13)26-11-12-3-6-14(21)7-4-12/h3-10H,2,11H2,1H3,(H,22,25)/b16-10+. The third kappa shape index (κ3) is 4.08. The average molecular weight is 436 g/mol. The highest BCUT2D eigenvalue weighted by atomic mass is 79.9. The van der Waals surface area contributed by atoms with Crippen molar-refractivity contribution < 1.29 is 14.3 Å². The van der Waals surface area contributed by atoms with Crippen LogP contribution in [0.4, 0.5) is 4.79 Å². The number of carbonyl (C=O) groups is 2. The van der Waals surface area contributed by atoms with Crippen LogP contribution in [0.2, 0.25) is 5.02 Å². The third-order valence-electron chi connectivity index (χ3n) is 3.85. The van der Waals surface area contributed by atoms with Crippen molar-refractivity contribution in [2.75, 3.05) is 6.54 Å². The molecule has 26 heavy (non-hydrogen) atoms. The van der Waals surface area contributed by atoms with E-state index in [4.69, 9.17) is 16.3 Å². The molecule has 5 nitrogen and oxygen atoms in total. The van der Waals surface area contributed by atoms with Gasteiger partial charge in [0.1, 0.15) is 18.1 Å². The Kier molecular flexibility index (Phi) is 5.64. The molecule has 1 N–H and O–H groups in total. The van der Waals surface area contributed by atoms with Crippen LogP contribution in [0.3, 0.4) is 0 Å². The predicted octanol–water partition coefficient (Wildman–Crippen LogP) is 4.59. The zero-order valence-electron chi connectivity index (χ0n) is 14.0. The van der Waals surface area contributed by atoms with Gasteiger partial charge in [0.25, 0.3) is 5.91 Å². The molecule has 0 atom stereocenters. The molecule has 0 radical (unpaired) electrons. The molecule has 0 unspecified atom stereocenters. The van der Waals surface area contributed by atoms with Gasteiger partial charge >= 0.3 is 6.03 Å². The number of hydrogen-bond donors (Lipinski definition) is 1. The van der Waals surface area contributed by atoms with Crippen LogP contribution in [-0.2, 0) is 11.4 Å². The van der Waals surface area contributed by atoms with Gasteiger partial charge in [0.2, 0.25) is 0 Å². The monoisotopic (exact) mass is 434 g/mol. The Hall–Kier alpha value is -2.31. The van der Waals surface area contributed by atoms with E-state index in [9.17, 15) is 9.59 Å². The van der Waals surface area contributed by atoms with Crippen molar-refractivity contribution in [2.24, 2.45) is 0 Å². The second-order valence-electron chi connectivity index (χ2n) is 5.64. The Balaban J connectivity index is 1.71. The van der Waals surface area contributed by atoms with Crippen molar-refractivity contribution in [1.29, 1.82) is 0 Å². The second kappa shape index (κ2) is 7.93. The van der Waals surface area contributed by atoms with Crippen LogP contribution in [0.1, 0.15) is 18.1 Å². The summed E-state index contributed by atoms with van der Waals surface area (Å²) >= 11 is 9.35. The topological polar surface area (TPSA) is 58.6 Å². The van der Waals surface area contributed by atoms with Gasteiger partial charge in [0.15, 0.2) is 0 Å². The summed E-state index contributed by atoms with van der Waals surface area (Å²) in [6.45, 7) is 2.50. The van der Waals surface area contributed by atoms with Crippen LogP contribution in [0.25, 0.3) is 6.08 Å². The zero-order valence-corrected chi connectivity index (χ0v) is 16.3. The van der Waals surface area contributed by atoms with Crippen LogP contribution < -0.4 is 10.1 Å². The highest BCUT2D eigenvalue weighted by Crippen LogP contribution is 2.28. The largest absolute Gasteiger partial charge is 0.488 e. The van der Waals surface area contributed by atoms with E-state index in [0.717, 1.165) is 20.5 Å². The van der Waals surface area contributed by atoms with Gasteiger partial charge in [-0.1, -0.05) is 29.8 Å². The number of ether oxygens (including phenoxy) is 1. The predicted molar refractivity (Wildman–Crippen MR) is 104 cm³/mol. The number of rotatable bonds is 5. The summed E-state index contributed by atoms with van der Waals surface area (Å²) in [7, 11) is 0. The quantitative estimate of drug-likeness (QED) is 0.552. The maximum Gasteiger partial charge on any atom is 0.328 e. The first-order valence-corrected chi connectivity index (χ1v) is 9.16. The maximum absolute atomic E-state index is 12.1. The molecule has 1 aliphatic heterocycles. The molecule has 7 heteroatoms. The number of benzene rings is 2. The number of nitrogens with zero attached hydrogens (tertiary/aromatic N) is 1. The minimum atomic E-state index is -0.397. The van der Waals surface area contributed by atoms with Gasteiger partial charge in [-0.2, -0.15) is 0 Å². The number of urea groups is 1. The molecule has 134 valence electrons. The van der Waals surface area contributed by atoms with Crippen LogP contribution in [-0.4, -0.2) is 23.4 Å². The van der Waals surface area contributed by atoms with Gasteiger partial charge in [0.05, 0.1) is 4.47 Å². The van der Waals surface area contributed by atoms with Crippen LogP contribution >= 0.6 is 27.5 Å². The molecule has 0 aliphatic carbocycles. The molecule has 2 aromatic rings. The minimum Gasteiger partial charge on any atom is -0.488 e. The SMILES string of the molecule is CCN1C(=O)N/C(=C/c2ccc(OCc3ccc(Cl)cc3)c(Br)c2)C1=O. The fourth-order valence-corrected chi connectivity index (χ4v) is 3.13. The van der Waals surface area contributed by atoms with E-state index in [1.165, 1.54) is 0 Å². The maximum atomic E-state index is 12.1. The van der Waals surface area contributed by atoms with Gasteiger partial charge < -0.3 is 10.1 Å². The van der Waals surface area contributed by atoms with Crippen LogP contribution in [0.5, 0.6) is 5.75 Å². The number of amides is 3. The Bertz CT molecular complexity index is 881. The molecule has 3 rings (SSSR count). The molecule has 0 aromatic heterocycles. The molecule has 2 aromatic carbocycles. The smallest absolute Gasteiger partial charge is 0.328 e. The number of nitrogens with one attached hydrogen (secondary N) is 1. The molecule has 0 bridgehead atoms. The van der Waals surface area contributed by atoms with Gasteiger partial charge in [-0.15, -0.1) is 0 Å². The fourth-order valence-electron chi connectivity index (χ4n) is 2.49. The summed E-state index contributed by atoms with van der Waals surface area (Å²) in [5.74, 6) is 0.357. The van der Waals surface area contributed by atoms with Crippen molar-refractivity contribution in [3.63, 3.8) is 0 Å². The minimum absolute atomic E-state index is 0.263. The van der Waals surface area contributed by atoms with Gasteiger partial charge in [-0.05, 0) is 64.3 Å². The summed E-state index contributed by atoms with van der Waals surface area (Å²) in [5.41, 5.74) is 2.04. The Labute approximate surface area is 164 Å². The molecule has 1 saturated heterocycles. The number of likely N-dealkylation sites (N-methyl/N-ethyl adjacent to an activating group) is 1. The van der Waals surface area contributed by atoms with Gasteiger partial charge in [-0.3, -0.25) is 9.69 Å². The van der Waals surface area contributed by atoms with E-state index in [1.807, 2.05) is 42.5 Å². The normalized spacial score (nSPS) is 15.5. The number of halogens is 2. The first kappa shape index (κ1) is 18.5. The van der Waals surface area contributed by atoms with Crippen molar-refractivity contribution in [3.8, 4) is 5.75 Å². The fraction of sp³-hybridized carbons (Fsp3) is 0.158. The van der Waals surface area contributed by atoms with E-state index in [2.05, 4.69) is 21.2 Å². The average Bonchev–Trinajstić information content (AvgIpc) is 2.88. The Morgan fingerprint density at radius 1 is 1.19 bits per heavy atom. The molecular formula is C19H16BrClN2O3. The van der Waals surface area contributed by atoms with Crippen molar-refractivity contribution >= 4 is 45.5 Å². The van der Waals surface area contributed by atoms with E-state index >= 15 is 0 Å². The van der Waals surface area contributed by atoms with E-state index in [0.29, 0.717) is 23.9 Å². The van der Waals surface area contributed by atoms with Crippen molar-refractivity contribution in [2.45, 2.75) is 13.5 Å². The Morgan fingerprint density at radius 3 is 2.54 bits per heavy atom. The lowest BCUT2D eigenvalue weighted by Crippen LogP contribution is -2.30. The van der Waals surface area contributed by atoms with Crippen molar-refractivity contribution in [3.05, 3.63) is 68.8 Å². The third-order valence-corrected chi connectivity index (χ3v) is 4.72. The van der Waals surface area contributed by atoms with E-state index in [1.54, 1.807) is 13.0 Å². The highest BCUT2D eigenvalue weighted by molar-refractivity contribution is 9.10. The number of carbonyl (C=O) groups excluding carboxylic acids is 2. The second-order valence-corrected chi connectivity index (χ2v) is 6.93. The summed E-state index contributed by atoms with van der Waals surface area (Å²) in [5, 5.41) is 3.26. The zero-order chi connectivity index (χ0) is 18.7. The Morgan fingerprint density at radius 2 is 1.92 bits per heavy atom. The first-order valence-electron chi connectivity index (χ1n) is 7.99. The van der Waals surface area contributed by atoms with Gasteiger partial charge in [0, 0.05) is 11.6 Å². The first-order chi connectivity index (χ1) is 12.5. The molecule has 1 heterocycles. The van der Waals surface area contributed by atoms with Crippen LogP contribution in [0, 0.1) is 0 Å². The number of imide groups is 1. The summed E-state index contributed by atoms with van der Waals surface area (Å²) in [6, 6.07) is 12.5. The molecule has 1 fully saturated rings.